The third-order valence-corrected chi connectivity index (χ3v) is 1.05. The van der Waals surface area contributed by atoms with Crippen molar-refractivity contribution in [1.29, 1.82) is 0 Å². The Labute approximate surface area is 60.4 Å². The van der Waals surface area contributed by atoms with Gasteiger partial charge in [0.25, 0.3) is 0 Å². The smallest absolute Gasteiger partial charge is 0.305 e. The van der Waals surface area contributed by atoms with Gasteiger partial charge in [-0.15, -0.1) is 0 Å². The Balaban J connectivity index is 3.46. The first-order valence-electron chi connectivity index (χ1n) is 3.33. The third kappa shape index (κ3) is 4.06. The van der Waals surface area contributed by atoms with Crippen LogP contribution in [0.25, 0.3) is 0 Å². The largest absolute Gasteiger partial charge is 0.462 e. The molecule has 58 valence electrons. The molecule has 0 heterocycles. The van der Waals surface area contributed by atoms with Gasteiger partial charge in [-0.1, -0.05) is 6.92 Å². The number of ether oxygens (including phenoxy) is 1. The second kappa shape index (κ2) is 4.97. The summed E-state index contributed by atoms with van der Waals surface area (Å²) in [6.45, 7) is 3.41. The van der Waals surface area contributed by atoms with E-state index in [1.54, 1.807) is 13.8 Å². The number of hydrogen-bond acceptors (Lipinski definition) is 3. The molecule has 0 rings (SSSR count). The third-order valence-electron chi connectivity index (χ3n) is 1.05. The Morgan fingerprint density at radius 1 is 1.70 bits per heavy atom. The van der Waals surface area contributed by atoms with Gasteiger partial charge in [0, 0.05) is 12.8 Å². The number of aldehydes is 1. The molecule has 10 heavy (non-hydrogen) atoms. The van der Waals surface area contributed by atoms with E-state index in [-0.39, 0.29) is 18.5 Å². The van der Waals surface area contributed by atoms with Gasteiger partial charge in [0.1, 0.15) is 12.4 Å². The molecule has 0 aromatic heterocycles. The van der Waals surface area contributed by atoms with Crippen molar-refractivity contribution in [2.45, 2.75) is 32.8 Å². The highest BCUT2D eigenvalue weighted by molar-refractivity contribution is 5.69. The summed E-state index contributed by atoms with van der Waals surface area (Å²) < 4.78 is 4.77. The van der Waals surface area contributed by atoms with Crippen molar-refractivity contribution in [2.75, 3.05) is 0 Å². The maximum absolute atomic E-state index is 10.6. The van der Waals surface area contributed by atoms with Crippen LogP contribution in [0.1, 0.15) is 26.7 Å². The lowest BCUT2D eigenvalue weighted by Crippen LogP contribution is -2.13. The molecule has 0 spiro atoms. The maximum Gasteiger partial charge on any atom is 0.305 e. The molecule has 0 saturated heterocycles. The summed E-state index contributed by atoms with van der Waals surface area (Å²) >= 11 is 0. The lowest BCUT2D eigenvalue weighted by Gasteiger charge is -2.07. The minimum absolute atomic E-state index is 0.255. The number of rotatable bonds is 4. The second-order valence-electron chi connectivity index (χ2n) is 2.06. The highest BCUT2D eigenvalue weighted by Crippen LogP contribution is 1.96. The zero-order valence-electron chi connectivity index (χ0n) is 6.29. The fourth-order valence-corrected chi connectivity index (χ4v) is 0.491. The van der Waals surface area contributed by atoms with Gasteiger partial charge < -0.3 is 9.53 Å². The molecular weight excluding hydrogens is 132 g/mol. The number of hydrogen-bond donors (Lipinski definition) is 0. The summed E-state index contributed by atoms with van der Waals surface area (Å²) in [5.74, 6) is -0.255. The molecule has 0 aliphatic heterocycles. The molecule has 0 aromatic rings. The van der Waals surface area contributed by atoms with Crippen LogP contribution >= 0.6 is 0 Å². The van der Waals surface area contributed by atoms with E-state index in [4.69, 9.17) is 4.74 Å². The minimum atomic E-state index is -0.273. The molecule has 0 aromatic carbocycles. The van der Waals surface area contributed by atoms with Crippen molar-refractivity contribution in [3.63, 3.8) is 0 Å². The van der Waals surface area contributed by atoms with Crippen molar-refractivity contribution in [1.82, 2.24) is 0 Å². The van der Waals surface area contributed by atoms with Crippen molar-refractivity contribution in [3.8, 4) is 0 Å². The average molecular weight is 144 g/mol. The molecule has 0 bridgehead atoms. The van der Waals surface area contributed by atoms with Gasteiger partial charge in [-0.25, -0.2) is 0 Å². The SMILES string of the molecule is CCC(=O)O[C@@H](C)CC=O. The Morgan fingerprint density at radius 2 is 2.30 bits per heavy atom. The van der Waals surface area contributed by atoms with Gasteiger partial charge in [-0.05, 0) is 6.92 Å². The van der Waals surface area contributed by atoms with E-state index in [1.165, 1.54) is 0 Å². The summed E-state index contributed by atoms with van der Waals surface area (Å²) in [6.07, 6.45) is 1.12. The topological polar surface area (TPSA) is 43.4 Å². The van der Waals surface area contributed by atoms with Crippen molar-refractivity contribution in [2.24, 2.45) is 0 Å². The average Bonchev–Trinajstić information content (AvgIpc) is 1.88. The molecule has 0 unspecified atom stereocenters. The van der Waals surface area contributed by atoms with E-state index in [0.29, 0.717) is 6.42 Å². The van der Waals surface area contributed by atoms with Crippen LogP contribution in [0.5, 0.6) is 0 Å². The van der Waals surface area contributed by atoms with Gasteiger partial charge >= 0.3 is 5.97 Å². The number of carbonyl (C=O) groups is 2. The molecule has 3 nitrogen and oxygen atoms in total. The van der Waals surface area contributed by atoms with Crippen molar-refractivity contribution < 1.29 is 14.3 Å². The van der Waals surface area contributed by atoms with Crippen LogP contribution in [0, 0.1) is 0 Å². The number of esters is 1. The van der Waals surface area contributed by atoms with E-state index < -0.39 is 0 Å². The van der Waals surface area contributed by atoms with Crippen LogP contribution in [0.3, 0.4) is 0 Å². The molecule has 0 aliphatic carbocycles. The van der Waals surface area contributed by atoms with E-state index >= 15 is 0 Å². The fourth-order valence-electron chi connectivity index (χ4n) is 0.491. The Bertz CT molecular complexity index is 120. The second-order valence-corrected chi connectivity index (χ2v) is 2.06. The summed E-state index contributed by atoms with van der Waals surface area (Å²) in [5.41, 5.74) is 0. The van der Waals surface area contributed by atoms with Gasteiger partial charge in [0.2, 0.25) is 0 Å². The zero-order valence-corrected chi connectivity index (χ0v) is 6.29. The Morgan fingerprint density at radius 3 is 2.70 bits per heavy atom. The standard InChI is InChI=1S/C7H12O3/c1-3-7(9)10-6(2)4-5-8/h5-6H,3-4H2,1-2H3/t6-/m0/s1. The van der Waals surface area contributed by atoms with Crippen LogP contribution in [0.4, 0.5) is 0 Å². The summed E-state index contributed by atoms with van der Waals surface area (Å²) in [4.78, 5) is 20.5. The van der Waals surface area contributed by atoms with Crippen LogP contribution in [0.15, 0.2) is 0 Å². The molecular formula is C7H12O3. The van der Waals surface area contributed by atoms with Gasteiger partial charge in [0.05, 0.1) is 0 Å². The maximum atomic E-state index is 10.6. The molecule has 3 heteroatoms. The first-order valence-corrected chi connectivity index (χ1v) is 3.33. The summed E-state index contributed by atoms with van der Waals surface area (Å²) in [7, 11) is 0. The molecule has 0 aliphatic rings. The predicted octanol–water partition coefficient (Wildman–Crippen LogP) is 0.917. The zero-order chi connectivity index (χ0) is 7.98. The van der Waals surface area contributed by atoms with E-state index in [0.717, 1.165) is 6.29 Å². The van der Waals surface area contributed by atoms with Gasteiger partial charge in [0.15, 0.2) is 0 Å². The van der Waals surface area contributed by atoms with Gasteiger partial charge in [-0.3, -0.25) is 4.79 Å². The van der Waals surface area contributed by atoms with Crippen LogP contribution < -0.4 is 0 Å². The summed E-state index contributed by atoms with van der Waals surface area (Å²) in [5, 5.41) is 0. The first kappa shape index (κ1) is 9.14. The van der Waals surface area contributed by atoms with E-state index in [9.17, 15) is 9.59 Å². The number of carbonyl (C=O) groups excluding carboxylic acids is 2. The van der Waals surface area contributed by atoms with Crippen LogP contribution in [0.2, 0.25) is 0 Å². The van der Waals surface area contributed by atoms with E-state index in [2.05, 4.69) is 0 Å². The quantitative estimate of drug-likeness (QED) is 0.435. The van der Waals surface area contributed by atoms with Crippen molar-refractivity contribution in [3.05, 3.63) is 0 Å². The predicted molar refractivity (Wildman–Crippen MR) is 36.5 cm³/mol. The molecule has 0 radical (unpaired) electrons. The van der Waals surface area contributed by atoms with Gasteiger partial charge in [-0.2, -0.15) is 0 Å². The Kier molecular flexibility index (Phi) is 4.54. The lowest BCUT2D eigenvalue weighted by molar-refractivity contribution is -0.148. The molecule has 0 fully saturated rings. The highest BCUT2D eigenvalue weighted by Gasteiger charge is 2.05. The molecule has 0 N–H and O–H groups in total. The van der Waals surface area contributed by atoms with Crippen molar-refractivity contribution >= 4 is 12.3 Å². The monoisotopic (exact) mass is 144 g/mol. The van der Waals surface area contributed by atoms with Crippen LogP contribution in [-0.2, 0) is 14.3 Å². The minimum Gasteiger partial charge on any atom is -0.462 e. The fraction of sp³-hybridized carbons (Fsp3) is 0.714. The Hall–Kier alpha value is -0.860. The molecule has 0 saturated carbocycles. The first-order chi connectivity index (χ1) is 4.70. The van der Waals surface area contributed by atoms with Crippen LogP contribution in [-0.4, -0.2) is 18.4 Å². The lowest BCUT2D eigenvalue weighted by atomic mass is 10.3. The molecule has 0 amide bonds. The summed E-state index contributed by atoms with van der Waals surface area (Å²) in [6, 6.07) is 0. The molecule has 1 atom stereocenters. The van der Waals surface area contributed by atoms with E-state index in [1.807, 2.05) is 0 Å². The highest BCUT2D eigenvalue weighted by atomic mass is 16.5. The normalized spacial score (nSPS) is 12.2.